The molecule has 4 fully saturated rings. The Bertz CT molecular complexity index is 2430. The molecule has 2 unspecified atom stereocenters. The normalized spacial score (nSPS) is 32.1. The van der Waals surface area contributed by atoms with Crippen LogP contribution in [0.4, 0.5) is 0 Å². The number of benzene rings is 2. The monoisotopic (exact) mass is 1000 g/mol. The van der Waals surface area contributed by atoms with Gasteiger partial charge in [0.1, 0.15) is 32.5 Å². The maximum Gasteiger partial charge on any atom is 0.320 e. The lowest BCUT2D eigenvalue weighted by Crippen LogP contribution is -2.66. The summed E-state index contributed by atoms with van der Waals surface area (Å²) < 4.78 is 30.0. The van der Waals surface area contributed by atoms with Crippen molar-refractivity contribution in [1.29, 1.82) is 0 Å². The zero-order chi connectivity index (χ0) is 52.2. The number of carbonyl (C=O) groups excluding carboxylic acids is 5. The predicted molar refractivity (Wildman–Crippen MR) is 279 cm³/mol. The van der Waals surface area contributed by atoms with Crippen LogP contribution in [0, 0.1) is 50.2 Å². The molecule has 0 aliphatic heterocycles. The van der Waals surface area contributed by atoms with Gasteiger partial charge >= 0.3 is 29.8 Å². The highest BCUT2D eigenvalue weighted by molar-refractivity contribution is 5.79. The Morgan fingerprint density at radius 3 is 1.79 bits per heavy atom. The van der Waals surface area contributed by atoms with E-state index in [2.05, 4.69) is 65.8 Å². The largest absolute Gasteiger partial charge is 0.464 e. The molecule has 73 heavy (non-hydrogen) atoms. The number of carbonyl (C=O) groups is 5. The summed E-state index contributed by atoms with van der Waals surface area (Å²) in [5.74, 6) is -1.43. The summed E-state index contributed by atoms with van der Waals surface area (Å²) in [5, 5.41) is 0. The van der Waals surface area contributed by atoms with Crippen LogP contribution in [0.1, 0.15) is 130 Å². The second-order valence-corrected chi connectivity index (χ2v) is 24.5. The molecule has 0 amide bonds. The van der Waals surface area contributed by atoms with Crippen molar-refractivity contribution in [3.05, 3.63) is 107 Å². The molecule has 0 spiro atoms. The maximum absolute atomic E-state index is 14.6. The Hall–Kier alpha value is -5.07. The SMILES string of the molecule is CN(CC(=O)OCc1ccccc1)CC(=O)OC[C@@]1(C)C2CC[C@]3(C)C(CC=C4[C@@H]5CC(C)(C)CC[C@]5(C(=O)OCC5=CCCC=C5)CC[C@]43C)[C@@]2(C)CC[C@@H]1OC(=O)CN(C)CC(=O)OCc1ccccc1. The van der Waals surface area contributed by atoms with E-state index < -0.39 is 40.8 Å². The molecule has 12 heteroatoms. The number of nitrogens with zero attached hydrogens (tertiary/aromatic N) is 2. The van der Waals surface area contributed by atoms with Crippen molar-refractivity contribution in [2.75, 3.05) is 53.5 Å². The molecule has 0 N–H and O–H groups in total. The highest BCUT2D eigenvalue weighted by Crippen LogP contribution is 2.76. The molecule has 2 aromatic rings. The maximum atomic E-state index is 14.6. The standard InChI is InChI=1S/C61H82N2O10/c1-56(2)30-32-61(55(68)71-41-45-22-16-11-17-23-45)33-31-59(5)46(47(61)34-56)24-25-49-57(3)28-27-50(73-54(67)38-63(8)36-52(65)70-40-44-20-14-10-15-21-44)58(4,48(57)26-29-60(49,59)6)42-72-53(66)37-62(7)35-51(64)69-39-43-18-12-9-13-19-43/h9-10,12-16,18-24,47-50H,11,17,25-42H2,1-8H3/t47-,48?,49?,50-,57-,58-,59+,60+,61-/m0/s1. The second-order valence-electron chi connectivity index (χ2n) is 24.5. The van der Waals surface area contributed by atoms with E-state index in [0.717, 1.165) is 87.3 Å². The minimum atomic E-state index is -0.757. The van der Waals surface area contributed by atoms with E-state index in [4.69, 9.17) is 23.7 Å². The average molecular weight is 1000 g/mol. The van der Waals surface area contributed by atoms with Gasteiger partial charge in [-0.1, -0.05) is 132 Å². The van der Waals surface area contributed by atoms with Crippen molar-refractivity contribution in [3.63, 3.8) is 0 Å². The smallest absolute Gasteiger partial charge is 0.320 e. The van der Waals surface area contributed by atoms with Crippen LogP contribution in [0.25, 0.3) is 0 Å². The summed E-state index contributed by atoms with van der Waals surface area (Å²) in [6.45, 7) is 14.6. The number of ether oxygens (including phenoxy) is 5. The first kappa shape index (κ1) is 54.2. The first-order valence-electron chi connectivity index (χ1n) is 27.0. The zero-order valence-corrected chi connectivity index (χ0v) is 45.0. The lowest BCUT2D eigenvalue weighted by Gasteiger charge is -2.71. The molecule has 0 aromatic heterocycles. The van der Waals surface area contributed by atoms with E-state index in [0.29, 0.717) is 13.0 Å². The fourth-order valence-electron chi connectivity index (χ4n) is 14.9. The molecule has 6 aliphatic rings. The first-order chi connectivity index (χ1) is 34.7. The van der Waals surface area contributed by atoms with Crippen LogP contribution in [0.3, 0.4) is 0 Å². The molecule has 0 bridgehead atoms. The quantitative estimate of drug-likeness (QED) is 0.0798. The number of hydrogen-bond acceptors (Lipinski definition) is 12. The molecule has 0 radical (unpaired) electrons. The van der Waals surface area contributed by atoms with Crippen molar-refractivity contribution >= 4 is 29.8 Å². The molecule has 8 rings (SSSR count). The fraction of sp³-hybridized carbons (Fsp3) is 0.623. The van der Waals surface area contributed by atoms with Gasteiger partial charge in [0, 0.05) is 5.41 Å². The number of hydrogen-bond donors (Lipinski definition) is 0. The number of fused-ring (bicyclic) bond motifs is 7. The van der Waals surface area contributed by atoms with Gasteiger partial charge in [-0.05, 0) is 147 Å². The molecule has 6 aliphatic carbocycles. The van der Waals surface area contributed by atoms with Gasteiger partial charge in [0.2, 0.25) is 0 Å². The summed E-state index contributed by atoms with van der Waals surface area (Å²) in [6, 6.07) is 18.9. The molecule has 0 saturated heterocycles. The van der Waals surface area contributed by atoms with Crippen molar-refractivity contribution in [1.82, 2.24) is 9.80 Å². The summed E-state index contributed by atoms with van der Waals surface area (Å²) in [6.07, 6.45) is 19.0. The summed E-state index contributed by atoms with van der Waals surface area (Å²) in [7, 11) is 3.39. The third kappa shape index (κ3) is 11.5. The minimum absolute atomic E-state index is 0.0275. The Morgan fingerprint density at radius 2 is 1.19 bits per heavy atom. The first-order valence-corrected chi connectivity index (χ1v) is 27.0. The van der Waals surface area contributed by atoms with Crippen LogP contribution in [0.5, 0.6) is 0 Å². The summed E-state index contributed by atoms with van der Waals surface area (Å²) in [5.41, 5.74) is 2.66. The number of esters is 5. The molecule has 396 valence electrons. The third-order valence-electron chi connectivity index (χ3n) is 19.1. The van der Waals surface area contributed by atoms with Gasteiger partial charge in [-0.3, -0.25) is 33.8 Å². The zero-order valence-electron chi connectivity index (χ0n) is 45.0. The molecule has 2 aromatic carbocycles. The van der Waals surface area contributed by atoms with Gasteiger partial charge in [0.15, 0.2) is 0 Å². The van der Waals surface area contributed by atoms with Crippen molar-refractivity contribution < 1.29 is 47.7 Å². The average Bonchev–Trinajstić information content (AvgIpc) is 3.35. The van der Waals surface area contributed by atoms with E-state index in [9.17, 15) is 24.0 Å². The van der Waals surface area contributed by atoms with E-state index in [1.165, 1.54) is 5.57 Å². The van der Waals surface area contributed by atoms with Crippen molar-refractivity contribution in [3.8, 4) is 0 Å². The van der Waals surface area contributed by atoms with Crippen LogP contribution in [0.2, 0.25) is 0 Å². The molecule has 0 heterocycles. The van der Waals surface area contributed by atoms with E-state index in [1.54, 1.807) is 23.9 Å². The Morgan fingerprint density at radius 1 is 0.603 bits per heavy atom. The topological polar surface area (TPSA) is 138 Å². The highest BCUT2D eigenvalue weighted by Gasteiger charge is 2.70. The summed E-state index contributed by atoms with van der Waals surface area (Å²) in [4.78, 5) is 71.2. The Kier molecular flexibility index (Phi) is 16.4. The Labute approximate surface area is 434 Å². The minimum Gasteiger partial charge on any atom is -0.464 e. The number of likely N-dealkylation sites (N-methyl/N-ethyl adjacent to an activating group) is 2. The molecule has 4 saturated carbocycles. The van der Waals surface area contributed by atoms with E-state index >= 15 is 0 Å². The van der Waals surface area contributed by atoms with Gasteiger partial charge in [0.05, 0.1) is 31.6 Å². The summed E-state index contributed by atoms with van der Waals surface area (Å²) >= 11 is 0. The van der Waals surface area contributed by atoms with Gasteiger partial charge < -0.3 is 23.7 Å². The van der Waals surface area contributed by atoms with Crippen molar-refractivity contribution in [2.24, 2.45) is 50.2 Å². The van der Waals surface area contributed by atoms with Gasteiger partial charge in [-0.25, -0.2) is 0 Å². The molecule has 12 nitrogen and oxygen atoms in total. The van der Waals surface area contributed by atoms with Crippen LogP contribution in [-0.4, -0.2) is 99.2 Å². The third-order valence-corrected chi connectivity index (χ3v) is 19.1. The fourth-order valence-corrected chi connectivity index (χ4v) is 14.9. The second kappa shape index (κ2) is 22.0. The van der Waals surface area contributed by atoms with E-state index in [1.807, 2.05) is 60.7 Å². The number of allylic oxidation sites excluding steroid dienone is 4. The van der Waals surface area contributed by atoms with E-state index in [-0.39, 0.29) is 91.4 Å². The van der Waals surface area contributed by atoms with Crippen LogP contribution < -0.4 is 0 Å². The van der Waals surface area contributed by atoms with Gasteiger partial charge in [0.25, 0.3) is 0 Å². The van der Waals surface area contributed by atoms with Crippen LogP contribution in [-0.2, 0) is 60.9 Å². The van der Waals surface area contributed by atoms with Gasteiger partial charge in [-0.15, -0.1) is 0 Å². The lowest BCUT2D eigenvalue weighted by molar-refractivity contribution is -0.227. The highest BCUT2D eigenvalue weighted by atomic mass is 16.6. The molecular formula is C61H82N2O10. The molecular weight excluding hydrogens is 921 g/mol. The van der Waals surface area contributed by atoms with Gasteiger partial charge in [-0.2, -0.15) is 0 Å². The molecule has 9 atom stereocenters. The number of rotatable bonds is 18. The lowest BCUT2D eigenvalue weighted by atomic mass is 9.33. The van der Waals surface area contributed by atoms with Crippen LogP contribution in [0.15, 0.2) is 96.1 Å². The van der Waals surface area contributed by atoms with Crippen LogP contribution >= 0.6 is 0 Å². The van der Waals surface area contributed by atoms with Crippen molar-refractivity contribution in [2.45, 2.75) is 138 Å². The Balaban J connectivity index is 1.00. The predicted octanol–water partition coefficient (Wildman–Crippen LogP) is 10.4.